The molecule has 1 rings (SSSR count). The smallest absolute Gasteiger partial charge is 0.100 e. The van der Waals surface area contributed by atoms with E-state index in [0.717, 1.165) is 38.6 Å². The lowest BCUT2D eigenvalue weighted by Gasteiger charge is -2.23. The van der Waals surface area contributed by atoms with Gasteiger partial charge in [-0.1, -0.05) is 12.8 Å². The zero-order chi connectivity index (χ0) is 8.10. The summed E-state index contributed by atoms with van der Waals surface area (Å²) in [6.07, 6.45) is 5.57. The summed E-state index contributed by atoms with van der Waals surface area (Å²) in [6.45, 7) is 0.757. The third-order valence-electron chi connectivity index (χ3n) is 2.54. The number of hydrogen-bond acceptors (Lipinski definition) is 1. The highest BCUT2D eigenvalue weighted by Crippen LogP contribution is 2.29. The van der Waals surface area contributed by atoms with Gasteiger partial charge in [-0.05, 0) is 38.1 Å². The monoisotopic (exact) mass is 159 g/mol. The van der Waals surface area contributed by atoms with Gasteiger partial charge >= 0.3 is 0 Å². The molecule has 1 saturated carbocycles. The Bertz CT molecular complexity index is 106. The second-order valence-electron chi connectivity index (χ2n) is 3.56. The van der Waals surface area contributed by atoms with Gasteiger partial charge in [-0.15, -0.1) is 0 Å². The van der Waals surface area contributed by atoms with Crippen LogP contribution in [0.4, 0.5) is 4.39 Å². The minimum absolute atomic E-state index is 0.522. The molecule has 0 aromatic rings. The first-order chi connectivity index (χ1) is 5.33. The van der Waals surface area contributed by atoms with Gasteiger partial charge in [0.2, 0.25) is 0 Å². The summed E-state index contributed by atoms with van der Waals surface area (Å²) in [6, 6.07) is 0. The van der Waals surface area contributed by atoms with E-state index >= 15 is 0 Å². The van der Waals surface area contributed by atoms with Gasteiger partial charge in [0, 0.05) is 0 Å². The Morgan fingerprint density at radius 3 is 2.82 bits per heavy atom. The van der Waals surface area contributed by atoms with Crippen LogP contribution in [0, 0.1) is 5.92 Å². The molecule has 1 aliphatic carbocycles. The number of halogens is 1. The van der Waals surface area contributed by atoms with E-state index < -0.39 is 6.17 Å². The minimum atomic E-state index is -0.522. The van der Waals surface area contributed by atoms with E-state index in [4.69, 9.17) is 5.73 Å². The second-order valence-corrected chi connectivity index (χ2v) is 3.56. The first-order valence-electron chi connectivity index (χ1n) is 4.67. The summed E-state index contributed by atoms with van der Waals surface area (Å²) in [5, 5.41) is 0. The third-order valence-corrected chi connectivity index (χ3v) is 2.54. The molecule has 0 spiro atoms. The summed E-state index contributed by atoms with van der Waals surface area (Å²) in [5.74, 6) is 0.627. The Hall–Kier alpha value is -0.110. The van der Waals surface area contributed by atoms with Crippen LogP contribution in [0.15, 0.2) is 0 Å². The van der Waals surface area contributed by atoms with Gasteiger partial charge in [0.25, 0.3) is 0 Å². The molecule has 2 heteroatoms. The molecule has 2 atom stereocenters. The second kappa shape index (κ2) is 4.70. The molecule has 0 amide bonds. The van der Waals surface area contributed by atoms with Gasteiger partial charge < -0.3 is 5.73 Å². The molecule has 0 aromatic heterocycles. The van der Waals surface area contributed by atoms with Gasteiger partial charge in [-0.3, -0.25) is 0 Å². The molecule has 1 nitrogen and oxygen atoms in total. The minimum Gasteiger partial charge on any atom is -0.330 e. The number of rotatable bonds is 3. The van der Waals surface area contributed by atoms with Crippen LogP contribution in [0.3, 0.4) is 0 Å². The lowest BCUT2D eigenvalue weighted by atomic mass is 9.85. The van der Waals surface area contributed by atoms with E-state index in [1.807, 2.05) is 0 Å². The molecular formula is C9H18FN. The van der Waals surface area contributed by atoms with Crippen LogP contribution in [-0.2, 0) is 0 Å². The average molecular weight is 159 g/mol. The number of hydrogen-bond donors (Lipinski definition) is 1. The summed E-state index contributed by atoms with van der Waals surface area (Å²) in [5.41, 5.74) is 5.39. The summed E-state index contributed by atoms with van der Waals surface area (Å²) in [4.78, 5) is 0. The molecule has 0 aliphatic heterocycles. The maximum absolute atomic E-state index is 12.8. The summed E-state index contributed by atoms with van der Waals surface area (Å²) >= 11 is 0. The van der Waals surface area contributed by atoms with Crippen molar-refractivity contribution in [2.75, 3.05) is 6.54 Å². The van der Waals surface area contributed by atoms with Crippen molar-refractivity contribution < 1.29 is 4.39 Å². The Labute approximate surface area is 68.2 Å². The topological polar surface area (TPSA) is 26.0 Å². The highest BCUT2D eigenvalue weighted by molar-refractivity contribution is 4.72. The summed E-state index contributed by atoms with van der Waals surface area (Å²) < 4.78 is 12.8. The van der Waals surface area contributed by atoms with E-state index in [9.17, 15) is 4.39 Å². The van der Waals surface area contributed by atoms with Gasteiger partial charge in [-0.2, -0.15) is 0 Å². The predicted molar refractivity (Wildman–Crippen MR) is 45.1 cm³/mol. The van der Waals surface area contributed by atoms with Crippen LogP contribution in [0.5, 0.6) is 0 Å². The van der Waals surface area contributed by atoms with Crippen LogP contribution < -0.4 is 5.73 Å². The Morgan fingerprint density at radius 2 is 2.18 bits per heavy atom. The maximum atomic E-state index is 12.8. The third kappa shape index (κ3) is 3.19. The van der Waals surface area contributed by atoms with Crippen LogP contribution in [0.2, 0.25) is 0 Å². The molecule has 0 saturated heterocycles. The lowest BCUT2D eigenvalue weighted by Crippen LogP contribution is -2.17. The van der Waals surface area contributed by atoms with Crippen molar-refractivity contribution in [3.63, 3.8) is 0 Å². The fourth-order valence-electron chi connectivity index (χ4n) is 1.89. The van der Waals surface area contributed by atoms with Crippen molar-refractivity contribution in [3.8, 4) is 0 Å². The van der Waals surface area contributed by atoms with Crippen molar-refractivity contribution >= 4 is 0 Å². The standard InChI is InChI=1S/C9H18FN/c10-9-5-1-3-8(7-9)4-2-6-11/h8-9H,1-7,11H2. The molecule has 2 unspecified atom stereocenters. The molecule has 0 aromatic carbocycles. The van der Waals surface area contributed by atoms with Crippen molar-refractivity contribution in [2.45, 2.75) is 44.7 Å². The Kier molecular flexibility index (Phi) is 3.84. The lowest BCUT2D eigenvalue weighted by molar-refractivity contribution is 0.191. The van der Waals surface area contributed by atoms with Crippen LogP contribution in [0.1, 0.15) is 38.5 Å². The van der Waals surface area contributed by atoms with E-state index in [0.29, 0.717) is 5.92 Å². The van der Waals surface area contributed by atoms with Gasteiger partial charge in [0.05, 0.1) is 0 Å². The molecule has 66 valence electrons. The SMILES string of the molecule is NCCCC1CCCC(F)C1. The van der Waals surface area contributed by atoms with Crippen LogP contribution in [0.25, 0.3) is 0 Å². The van der Waals surface area contributed by atoms with Gasteiger partial charge in [0.1, 0.15) is 6.17 Å². The van der Waals surface area contributed by atoms with E-state index in [1.165, 1.54) is 6.42 Å². The fraction of sp³-hybridized carbons (Fsp3) is 1.00. The van der Waals surface area contributed by atoms with Crippen LogP contribution >= 0.6 is 0 Å². The largest absolute Gasteiger partial charge is 0.330 e. The Morgan fingerprint density at radius 1 is 1.36 bits per heavy atom. The van der Waals surface area contributed by atoms with E-state index in [2.05, 4.69) is 0 Å². The normalized spacial score (nSPS) is 32.2. The molecule has 2 N–H and O–H groups in total. The van der Waals surface area contributed by atoms with Crippen molar-refractivity contribution in [1.29, 1.82) is 0 Å². The first kappa shape index (κ1) is 8.98. The van der Waals surface area contributed by atoms with E-state index in [-0.39, 0.29) is 0 Å². The van der Waals surface area contributed by atoms with Gasteiger partial charge in [0.15, 0.2) is 0 Å². The predicted octanol–water partition coefficient (Wildman–Crippen LogP) is 2.25. The Balaban J connectivity index is 2.12. The van der Waals surface area contributed by atoms with Crippen molar-refractivity contribution in [2.24, 2.45) is 11.7 Å². The average Bonchev–Trinajstić information content (AvgIpc) is 2.01. The highest BCUT2D eigenvalue weighted by Gasteiger charge is 2.20. The van der Waals surface area contributed by atoms with Crippen molar-refractivity contribution in [1.82, 2.24) is 0 Å². The molecule has 11 heavy (non-hydrogen) atoms. The van der Waals surface area contributed by atoms with Gasteiger partial charge in [-0.25, -0.2) is 4.39 Å². The zero-order valence-electron chi connectivity index (χ0n) is 7.06. The number of nitrogens with two attached hydrogens (primary N) is 1. The van der Waals surface area contributed by atoms with E-state index in [1.54, 1.807) is 0 Å². The quantitative estimate of drug-likeness (QED) is 0.671. The van der Waals surface area contributed by atoms with Crippen molar-refractivity contribution in [3.05, 3.63) is 0 Å². The molecule has 1 aliphatic rings. The fourth-order valence-corrected chi connectivity index (χ4v) is 1.89. The molecule has 0 radical (unpaired) electrons. The molecule has 0 bridgehead atoms. The maximum Gasteiger partial charge on any atom is 0.100 e. The zero-order valence-corrected chi connectivity index (χ0v) is 7.06. The molecule has 1 fully saturated rings. The summed E-state index contributed by atoms with van der Waals surface area (Å²) in [7, 11) is 0. The number of alkyl halides is 1. The molecular weight excluding hydrogens is 141 g/mol. The molecule has 0 heterocycles. The first-order valence-corrected chi connectivity index (χ1v) is 4.67. The highest BCUT2D eigenvalue weighted by atomic mass is 19.1. The van der Waals surface area contributed by atoms with Crippen LogP contribution in [-0.4, -0.2) is 12.7 Å².